The van der Waals surface area contributed by atoms with Crippen molar-refractivity contribution in [3.05, 3.63) is 107 Å². The molecule has 1 amide bonds. The minimum absolute atomic E-state index is 0.0867. The molecule has 2 aromatic heterocycles. The smallest absolute Gasteiger partial charge is 0.284 e. The minimum atomic E-state index is -0.479. The van der Waals surface area contributed by atoms with Gasteiger partial charge in [0, 0.05) is 30.4 Å². The fourth-order valence-corrected chi connectivity index (χ4v) is 5.13. The van der Waals surface area contributed by atoms with E-state index >= 15 is 0 Å². The maximum absolute atomic E-state index is 13.2. The van der Waals surface area contributed by atoms with Crippen LogP contribution in [0.15, 0.2) is 89.9 Å². The first-order valence-corrected chi connectivity index (χ1v) is 13.7. The molecule has 1 aliphatic heterocycles. The first-order chi connectivity index (χ1) is 20.4. The lowest BCUT2D eigenvalue weighted by molar-refractivity contribution is 0.102. The molecular formula is C32H31N7O3. The van der Waals surface area contributed by atoms with Crippen molar-refractivity contribution in [3.8, 4) is 34.0 Å². The standard InChI is InChI=1S/C32H31N7O3/c1-20-28(32(41)39(38(20)2)24-8-4-3-5-9-24)31(40)36-23-13-11-21(12-14-23)29-30(33)35-19-27(37-29)22-7-6-10-25(17-22)42-26-15-16-34-18-26/h3-14,17,19,26,34H,15-16,18H2,1-2H3,(H2,33,35)(H,36,40). The SMILES string of the molecule is Cc1c(C(=O)Nc2ccc(-c3nc(-c4cccc(OC5CCNC5)c4)cnc3N)cc2)c(=O)n(-c2ccccc2)n1C. The van der Waals surface area contributed by atoms with Crippen LogP contribution >= 0.6 is 0 Å². The van der Waals surface area contributed by atoms with Gasteiger partial charge in [0.2, 0.25) is 0 Å². The van der Waals surface area contributed by atoms with Crippen molar-refractivity contribution in [1.29, 1.82) is 0 Å². The van der Waals surface area contributed by atoms with Crippen LogP contribution in [-0.2, 0) is 7.05 Å². The second-order valence-electron chi connectivity index (χ2n) is 10.2. The van der Waals surface area contributed by atoms with Crippen molar-refractivity contribution >= 4 is 17.4 Å². The van der Waals surface area contributed by atoms with E-state index in [4.69, 9.17) is 15.5 Å². The summed E-state index contributed by atoms with van der Waals surface area (Å²) in [5.41, 5.74) is 10.5. The largest absolute Gasteiger partial charge is 0.489 e. The normalized spacial score (nSPS) is 14.6. The number of aromatic nitrogens is 4. The van der Waals surface area contributed by atoms with E-state index in [1.807, 2.05) is 66.7 Å². The van der Waals surface area contributed by atoms with Crippen molar-refractivity contribution in [2.45, 2.75) is 19.4 Å². The molecule has 212 valence electrons. The Balaban J connectivity index is 1.22. The van der Waals surface area contributed by atoms with Crippen LogP contribution in [0.5, 0.6) is 5.75 Å². The minimum Gasteiger partial charge on any atom is -0.489 e. The van der Waals surface area contributed by atoms with Gasteiger partial charge in [-0.2, -0.15) is 0 Å². The summed E-state index contributed by atoms with van der Waals surface area (Å²) < 4.78 is 9.27. The molecule has 0 bridgehead atoms. The predicted octanol–water partition coefficient (Wildman–Crippen LogP) is 4.18. The van der Waals surface area contributed by atoms with Gasteiger partial charge in [0.1, 0.15) is 28.9 Å². The van der Waals surface area contributed by atoms with Gasteiger partial charge >= 0.3 is 0 Å². The second kappa shape index (κ2) is 11.3. The molecule has 0 spiro atoms. The van der Waals surface area contributed by atoms with Crippen molar-refractivity contribution in [1.82, 2.24) is 24.6 Å². The Morgan fingerprint density at radius 3 is 2.57 bits per heavy atom. The highest BCUT2D eigenvalue weighted by molar-refractivity contribution is 6.05. The highest BCUT2D eigenvalue weighted by atomic mass is 16.5. The maximum Gasteiger partial charge on any atom is 0.284 e. The lowest BCUT2D eigenvalue weighted by atomic mass is 10.1. The molecule has 10 heteroatoms. The number of anilines is 2. The summed E-state index contributed by atoms with van der Waals surface area (Å²) in [6.07, 6.45) is 2.78. The van der Waals surface area contributed by atoms with Gasteiger partial charge in [0.25, 0.3) is 11.5 Å². The fraction of sp³-hybridized carbons (Fsp3) is 0.188. The number of carbonyl (C=O) groups excluding carboxylic acids is 1. The van der Waals surface area contributed by atoms with Gasteiger partial charge in [-0.05, 0) is 56.3 Å². The molecule has 1 unspecified atom stereocenters. The highest BCUT2D eigenvalue weighted by Gasteiger charge is 2.22. The first-order valence-electron chi connectivity index (χ1n) is 13.7. The topological polar surface area (TPSA) is 129 Å². The van der Waals surface area contributed by atoms with Crippen LogP contribution in [0.4, 0.5) is 11.5 Å². The summed E-state index contributed by atoms with van der Waals surface area (Å²) in [7, 11) is 1.76. The number of ether oxygens (including phenoxy) is 1. The number of nitrogen functional groups attached to an aromatic ring is 1. The number of rotatable bonds is 7. The maximum atomic E-state index is 13.2. The summed E-state index contributed by atoms with van der Waals surface area (Å²) in [6, 6.07) is 24.1. The quantitative estimate of drug-likeness (QED) is 0.272. The summed E-state index contributed by atoms with van der Waals surface area (Å²) >= 11 is 0. The van der Waals surface area contributed by atoms with Gasteiger partial charge in [-0.1, -0.05) is 42.5 Å². The van der Waals surface area contributed by atoms with Gasteiger partial charge in [0.15, 0.2) is 0 Å². The third-order valence-electron chi connectivity index (χ3n) is 7.45. The number of nitrogens with zero attached hydrogens (tertiary/aromatic N) is 4. The van der Waals surface area contributed by atoms with Crippen LogP contribution in [0.25, 0.3) is 28.2 Å². The molecule has 5 aromatic rings. The lowest BCUT2D eigenvalue weighted by Crippen LogP contribution is -2.25. The average molecular weight is 562 g/mol. The molecule has 4 N–H and O–H groups in total. The molecule has 1 aliphatic rings. The van der Waals surface area contributed by atoms with E-state index in [2.05, 4.69) is 15.6 Å². The number of hydrogen-bond acceptors (Lipinski definition) is 7. The van der Waals surface area contributed by atoms with Crippen LogP contribution in [0.1, 0.15) is 22.5 Å². The number of para-hydroxylation sites is 1. The van der Waals surface area contributed by atoms with Gasteiger partial charge in [-0.15, -0.1) is 0 Å². The molecule has 6 rings (SSSR count). The van der Waals surface area contributed by atoms with E-state index < -0.39 is 5.91 Å². The molecule has 10 nitrogen and oxygen atoms in total. The zero-order chi connectivity index (χ0) is 29.2. The number of nitrogens with one attached hydrogen (secondary N) is 2. The van der Waals surface area contributed by atoms with E-state index in [0.717, 1.165) is 36.4 Å². The molecule has 1 atom stereocenters. The van der Waals surface area contributed by atoms with Gasteiger partial charge < -0.3 is 21.1 Å². The second-order valence-corrected chi connectivity index (χ2v) is 10.2. The molecule has 0 radical (unpaired) electrons. The molecule has 0 aliphatic carbocycles. The molecule has 1 saturated heterocycles. The highest BCUT2D eigenvalue weighted by Crippen LogP contribution is 2.29. The van der Waals surface area contributed by atoms with Crippen LogP contribution in [0.2, 0.25) is 0 Å². The third kappa shape index (κ3) is 5.27. The number of benzene rings is 3. The van der Waals surface area contributed by atoms with E-state index in [0.29, 0.717) is 34.3 Å². The molecule has 3 heterocycles. The van der Waals surface area contributed by atoms with Crippen LogP contribution in [0, 0.1) is 6.92 Å². The van der Waals surface area contributed by atoms with Crippen molar-refractivity contribution in [2.75, 3.05) is 24.1 Å². The Hall–Kier alpha value is -5.22. The Bertz CT molecular complexity index is 1800. The third-order valence-corrected chi connectivity index (χ3v) is 7.45. The summed E-state index contributed by atoms with van der Waals surface area (Å²) in [5, 5.41) is 6.15. The first kappa shape index (κ1) is 27.0. The van der Waals surface area contributed by atoms with Crippen LogP contribution in [0.3, 0.4) is 0 Å². The Morgan fingerprint density at radius 1 is 1.05 bits per heavy atom. The van der Waals surface area contributed by atoms with Crippen molar-refractivity contribution < 1.29 is 9.53 Å². The zero-order valence-electron chi connectivity index (χ0n) is 23.4. The Morgan fingerprint density at radius 2 is 1.83 bits per heavy atom. The number of carbonyl (C=O) groups is 1. The Kier molecular flexibility index (Phi) is 7.28. The van der Waals surface area contributed by atoms with Crippen molar-refractivity contribution in [3.63, 3.8) is 0 Å². The predicted molar refractivity (Wildman–Crippen MR) is 163 cm³/mol. The van der Waals surface area contributed by atoms with Gasteiger partial charge in [0.05, 0.1) is 23.3 Å². The molecule has 3 aromatic carbocycles. The zero-order valence-corrected chi connectivity index (χ0v) is 23.4. The lowest BCUT2D eigenvalue weighted by Gasteiger charge is -2.13. The molecule has 0 saturated carbocycles. The summed E-state index contributed by atoms with van der Waals surface area (Å²) in [5.74, 6) is 0.597. The van der Waals surface area contributed by atoms with Crippen LogP contribution < -0.4 is 26.7 Å². The number of nitrogens with two attached hydrogens (primary N) is 1. The monoisotopic (exact) mass is 561 g/mol. The average Bonchev–Trinajstić information content (AvgIpc) is 3.59. The summed E-state index contributed by atoms with van der Waals surface area (Å²) in [4.78, 5) is 35.6. The van der Waals surface area contributed by atoms with E-state index in [1.54, 1.807) is 37.0 Å². The molecule has 1 fully saturated rings. The van der Waals surface area contributed by atoms with E-state index in [9.17, 15) is 9.59 Å². The molecule has 42 heavy (non-hydrogen) atoms. The van der Waals surface area contributed by atoms with E-state index in [1.165, 1.54) is 4.68 Å². The van der Waals surface area contributed by atoms with Gasteiger partial charge in [-0.3, -0.25) is 14.3 Å². The van der Waals surface area contributed by atoms with Crippen molar-refractivity contribution in [2.24, 2.45) is 7.05 Å². The van der Waals surface area contributed by atoms with Crippen LogP contribution in [-0.4, -0.2) is 44.4 Å². The fourth-order valence-electron chi connectivity index (χ4n) is 5.13. The Labute approximate surface area is 242 Å². The summed E-state index contributed by atoms with van der Waals surface area (Å²) in [6.45, 7) is 3.55. The number of hydrogen-bond donors (Lipinski definition) is 3. The molecular weight excluding hydrogens is 530 g/mol. The van der Waals surface area contributed by atoms with Gasteiger partial charge in [-0.25, -0.2) is 14.6 Å². The number of amides is 1. The van der Waals surface area contributed by atoms with E-state index in [-0.39, 0.29) is 17.2 Å².